The van der Waals surface area contributed by atoms with Gasteiger partial charge in [0, 0.05) is 32.8 Å². The monoisotopic (exact) mass is 273 g/mol. The Balaban J connectivity index is 3.02. The molecule has 18 heavy (non-hydrogen) atoms. The number of hydrogen-bond acceptors (Lipinski definition) is 3. The molecule has 0 N–H and O–H groups in total. The standard InChI is InChI=1S/C13H24ClN3O/c1-10(2)9-17(6-7-18-5)13-12(8-14)11(3)15-16(13)4/h10H,6-9H2,1-5H3. The largest absolute Gasteiger partial charge is 0.383 e. The first-order valence-corrected chi connectivity index (χ1v) is 6.87. The number of ether oxygens (including phenoxy) is 1. The molecule has 1 aromatic heterocycles. The summed E-state index contributed by atoms with van der Waals surface area (Å²) in [6.45, 7) is 8.97. The van der Waals surface area contributed by atoms with Gasteiger partial charge in [-0.15, -0.1) is 11.6 Å². The van der Waals surface area contributed by atoms with E-state index in [1.807, 2.05) is 18.7 Å². The molecule has 1 rings (SSSR count). The molecule has 0 aliphatic rings. The van der Waals surface area contributed by atoms with Crippen molar-refractivity contribution < 1.29 is 4.74 Å². The molecule has 0 bridgehead atoms. The van der Waals surface area contributed by atoms with Gasteiger partial charge in [0.1, 0.15) is 5.82 Å². The third-order valence-corrected chi connectivity index (χ3v) is 3.16. The number of alkyl halides is 1. The summed E-state index contributed by atoms with van der Waals surface area (Å²) in [4.78, 5) is 2.31. The molecular weight excluding hydrogens is 250 g/mol. The van der Waals surface area contributed by atoms with Crippen molar-refractivity contribution in [3.8, 4) is 0 Å². The maximum Gasteiger partial charge on any atom is 0.131 e. The van der Waals surface area contributed by atoms with E-state index in [-0.39, 0.29) is 0 Å². The molecule has 104 valence electrons. The van der Waals surface area contributed by atoms with Gasteiger partial charge in [-0.2, -0.15) is 5.10 Å². The highest BCUT2D eigenvalue weighted by Gasteiger charge is 2.19. The Morgan fingerprint density at radius 3 is 2.61 bits per heavy atom. The molecule has 0 saturated carbocycles. The highest BCUT2D eigenvalue weighted by Crippen LogP contribution is 2.25. The molecule has 0 atom stereocenters. The van der Waals surface area contributed by atoms with E-state index in [1.165, 1.54) is 0 Å². The van der Waals surface area contributed by atoms with E-state index in [0.29, 0.717) is 18.4 Å². The van der Waals surface area contributed by atoms with Crippen molar-refractivity contribution in [2.75, 3.05) is 31.7 Å². The van der Waals surface area contributed by atoms with E-state index in [1.54, 1.807) is 7.11 Å². The zero-order chi connectivity index (χ0) is 13.7. The molecule has 0 aliphatic heterocycles. The van der Waals surface area contributed by atoms with Crippen LogP contribution >= 0.6 is 11.6 Å². The predicted octanol–water partition coefficient (Wildman–Crippen LogP) is 2.58. The second kappa shape index (κ2) is 7.00. The number of methoxy groups -OCH3 is 1. The summed E-state index contributed by atoms with van der Waals surface area (Å²) in [7, 11) is 3.70. The fourth-order valence-electron chi connectivity index (χ4n) is 2.17. The Morgan fingerprint density at radius 2 is 2.11 bits per heavy atom. The van der Waals surface area contributed by atoms with E-state index >= 15 is 0 Å². The van der Waals surface area contributed by atoms with Crippen LogP contribution in [0.25, 0.3) is 0 Å². The van der Waals surface area contributed by atoms with E-state index in [9.17, 15) is 0 Å². The van der Waals surface area contributed by atoms with Gasteiger partial charge >= 0.3 is 0 Å². The molecule has 0 saturated heterocycles. The fraction of sp³-hybridized carbons (Fsp3) is 0.769. The van der Waals surface area contributed by atoms with Gasteiger partial charge in [-0.05, 0) is 12.8 Å². The SMILES string of the molecule is COCCN(CC(C)C)c1c(CCl)c(C)nn1C. The average molecular weight is 274 g/mol. The first-order valence-electron chi connectivity index (χ1n) is 6.33. The maximum atomic E-state index is 6.05. The van der Waals surface area contributed by atoms with E-state index in [0.717, 1.165) is 30.2 Å². The van der Waals surface area contributed by atoms with Crippen molar-refractivity contribution in [1.82, 2.24) is 9.78 Å². The third-order valence-electron chi connectivity index (χ3n) is 2.90. The van der Waals surface area contributed by atoms with Gasteiger partial charge in [0.15, 0.2) is 0 Å². The Labute approximate surface area is 115 Å². The average Bonchev–Trinajstić information content (AvgIpc) is 2.58. The Hall–Kier alpha value is -0.740. The summed E-state index contributed by atoms with van der Waals surface area (Å²) in [6, 6.07) is 0. The van der Waals surface area contributed by atoms with Gasteiger partial charge in [-0.1, -0.05) is 13.8 Å². The summed E-state index contributed by atoms with van der Waals surface area (Å²) in [5, 5.41) is 4.47. The first kappa shape index (κ1) is 15.3. The molecule has 1 aromatic rings. The molecule has 4 nitrogen and oxygen atoms in total. The zero-order valence-electron chi connectivity index (χ0n) is 12.0. The molecule has 5 heteroatoms. The van der Waals surface area contributed by atoms with Crippen LogP contribution in [0.3, 0.4) is 0 Å². The molecule has 0 spiro atoms. The van der Waals surface area contributed by atoms with Crippen molar-refractivity contribution in [2.24, 2.45) is 13.0 Å². The van der Waals surface area contributed by atoms with Gasteiger partial charge in [0.25, 0.3) is 0 Å². The lowest BCUT2D eigenvalue weighted by Crippen LogP contribution is -2.33. The van der Waals surface area contributed by atoms with Crippen molar-refractivity contribution in [3.05, 3.63) is 11.3 Å². The highest BCUT2D eigenvalue weighted by atomic mass is 35.5. The molecular formula is C13H24ClN3O. The lowest BCUT2D eigenvalue weighted by molar-refractivity contribution is 0.204. The van der Waals surface area contributed by atoms with Crippen LogP contribution in [0, 0.1) is 12.8 Å². The number of nitrogens with zero attached hydrogens (tertiary/aromatic N) is 3. The lowest BCUT2D eigenvalue weighted by Gasteiger charge is -2.27. The molecule has 1 heterocycles. The molecule has 0 amide bonds. The molecule has 0 radical (unpaired) electrons. The summed E-state index contributed by atoms with van der Waals surface area (Å²) in [6.07, 6.45) is 0. The minimum Gasteiger partial charge on any atom is -0.383 e. The van der Waals surface area contributed by atoms with Gasteiger partial charge < -0.3 is 9.64 Å². The summed E-state index contributed by atoms with van der Waals surface area (Å²) in [5.74, 6) is 2.20. The van der Waals surface area contributed by atoms with Crippen molar-refractivity contribution in [2.45, 2.75) is 26.7 Å². The van der Waals surface area contributed by atoms with Crippen LogP contribution in [0.1, 0.15) is 25.1 Å². The second-order valence-electron chi connectivity index (χ2n) is 4.98. The summed E-state index contributed by atoms with van der Waals surface area (Å²) >= 11 is 6.05. The Bertz CT molecular complexity index is 377. The number of aryl methyl sites for hydroxylation is 2. The normalized spacial score (nSPS) is 11.3. The van der Waals surface area contributed by atoms with Crippen LogP contribution in [0.15, 0.2) is 0 Å². The van der Waals surface area contributed by atoms with Gasteiger partial charge in [0.05, 0.1) is 18.2 Å². The number of rotatable bonds is 7. The van der Waals surface area contributed by atoms with Crippen LogP contribution in [0.2, 0.25) is 0 Å². The topological polar surface area (TPSA) is 30.3 Å². The Kier molecular flexibility index (Phi) is 5.96. The van der Waals surface area contributed by atoms with E-state index < -0.39 is 0 Å². The van der Waals surface area contributed by atoms with E-state index in [4.69, 9.17) is 16.3 Å². The Morgan fingerprint density at radius 1 is 1.44 bits per heavy atom. The summed E-state index contributed by atoms with van der Waals surface area (Å²) in [5.41, 5.74) is 2.13. The first-order chi connectivity index (χ1) is 8.51. The molecule has 0 unspecified atom stereocenters. The van der Waals surface area contributed by atoms with Gasteiger partial charge in [-0.3, -0.25) is 4.68 Å². The number of anilines is 1. The highest BCUT2D eigenvalue weighted by molar-refractivity contribution is 6.17. The van der Waals surface area contributed by atoms with Crippen LogP contribution in [0.4, 0.5) is 5.82 Å². The minimum absolute atomic E-state index is 0.497. The van der Waals surface area contributed by atoms with Gasteiger partial charge in [-0.25, -0.2) is 0 Å². The van der Waals surface area contributed by atoms with Crippen LogP contribution < -0.4 is 4.90 Å². The van der Waals surface area contributed by atoms with Crippen LogP contribution in [0.5, 0.6) is 0 Å². The van der Waals surface area contributed by atoms with Crippen LogP contribution in [-0.2, 0) is 17.7 Å². The van der Waals surface area contributed by atoms with E-state index in [2.05, 4.69) is 23.8 Å². The molecule has 0 aromatic carbocycles. The maximum absolute atomic E-state index is 6.05. The third kappa shape index (κ3) is 3.62. The lowest BCUT2D eigenvalue weighted by atomic mass is 10.2. The van der Waals surface area contributed by atoms with Gasteiger partial charge in [0.2, 0.25) is 0 Å². The number of aromatic nitrogens is 2. The molecule has 0 fully saturated rings. The van der Waals surface area contributed by atoms with Crippen molar-refractivity contribution in [1.29, 1.82) is 0 Å². The van der Waals surface area contributed by atoms with Crippen molar-refractivity contribution >= 4 is 17.4 Å². The molecule has 0 aliphatic carbocycles. The summed E-state index contributed by atoms with van der Waals surface area (Å²) < 4.78 is 7.11. The number of hydrogen-bond donors (Lipinski definition) is 0. The fourth-order valence-corrected chi connectivity index (χ4v) is 2.48. The quantitative estimate of drug-likeness (QED) is 0.716. The number of halogens is 1. The second-order valence-corrected chi connectivity index (χ2v) is 5.24. The zero-order valence-corrected chi connectivity index (χ0v) is 12.8. The predicted molar refractivity (Wildman–Crippen MR) is 76.4 cm³/mol. The smallest absolute Gasteiger partial charge is 0.131 e. The van der Waals surface area contributed by atoms with Crippen LogP contribution in [-0.4, -0.2) is 36.6 Å². The van der Waals surface area contributed by atoms with Crippen molar-refractivity contribution in [3.63, 3.8) is 0 Å². The minimum atomic E-state index is 0.497.